The molecule has 0 aromatic carbocycles. The van der Waals surface area contributed by atoms with E-state index in [0.717, 1.165) is 25.8 Å². The summed E-state index contributed by atoms with van der Waals surface area (Å²) in [5, 5.41) is 8.46. The first-order chi connectivity index (χ1) is 5.52. The summed E-state index contributed by atoms with van der Waals surface area (Å²) in [6.07, 6.45) is 3.10. The van der Waals surface area contributed by atoms with E-state index in [9.17, 15) is 4.79 Å². The fraction of sp³-hybridized carbons (Fsp3) is 0.875. The van der Waals surface area contributed by atoms with Gasteiger partial charge in [-0.15, -0.1) is 0 Å². The molecule has 0 spiro atoms. The number of likely N-dealkylation sites (N-methyl/N-ethyl adjacent to an activating group) is 1. The van der Waals surface area contributed by atoms with Gasteiger partial charge in [-0.05, 0) is 26.3 Å². The van der Waals surface area contributed by atoms with Crippen LogP contribution in [0.25, 0.3) is 0 Å². The average molecular weight is 172 g/mol. The summed E-state index contributed by atoms with van der Waals surface area (Å²) in [6, 6.07) is 0. The van der Waals surface area contributed by atoms with Crippen LogP contribution in [0.1, 0.15) is 19.3 Å². The van der Waals surface area contributed by atoms with Gasteiger partial charge in [0.25, 0.3) is 0 Å². The standard InChI is InChI=1S/C8H16N2O2/c1-10(6-7(11)12)5-4-8(9)2-3-8/h2-6,9H2,1H3,(H,11,12). The quantitative estimate of drug-likeness (QED) is 0.607. The molecule has 12 heavy (non-hydrogen) atoms. The molecule has 0 aliphatic heterocycles. The first-order valence-corrected chi connectivity index (χ1v) is 4.21. The Labute approximate surface area is 72.3 Å². The average Bonchev–Trinajstić information content (AvgIpc) is 2.64. The van der Waals surface area contributed by atoms with Crippen LogP contribution in [0.4, 0.5) is 0 Å². The molecule has 0 aromatic heterocycles. The summed E-state index contributed by atoms with van der Waals surface area (Å²) in [7, 11) is 1.81. The predicted octanol–water partition coefficient (Wildman–Crippen LogP) is -0.116. The van der Waals surface area contributed by atoms with Crippen molar-refractivity contribution in [2.24, 2.45) is 5.73 Å². The summed E-state index contributed by atoms with van der Waals surface area (Å²) in [4.78, 5) is 12.1. The van der Waals surface area contributed by atoms with Gasteiger partial charge in [-0.25, -0.2) is 0 Å². The van der Waals surface area contributed by atoms with Crippen LogP contribution in [0.3, 0.4) is 0 Å². The Balaban J connectivity index is 2.09. The van der Waals surface area contributed by atoms with Crippen molar-refractivity contribution < 1.29 is 9.90 Å². The van der Waals surface area contributed by atoms with E-state index in [4.69, 9.17) is 10.8 Å². The van der Waals surface area contributed by atoms with Gasteiger partial charge < -0.3 is 10.8 Å². The molecule has 0 atom stereocenters. The lowest BCUT2D eigenvalue weighted by molar-refractivity contribution is -0.138. The fourth-order valence-corrected chi connectivity index (χ4v) is 1.13. The number of nitrogens with two attached hydrogens (primary N) is 1. The highest BCUT2D eigenvalue weighted by Crippen LogP contribution is 2.35. The van der Waals surface area contributed by atoms with Crippen LogP contribution < -0.4 is 5.73 Å². The SMILES string of the molecule is CN(CCC1(N)CC1)CC(=O)O. The lowest BCUT2D eigenvalue weighted by Gasteiger charge is -2.16. The van der Waals surface area contributed by atoms with E-state index in [1.54, 1.807) is 11.9 Å². The largest absolute Gasteiger partial charge is 0.480 e. The van der Waals surface area contributed by atoms with Crippen LogP contribution in [0, 0.1) is 0 Å². The minimum Gasteiger partial charge on any atom is -0.480 e. The van der Waals surface area contributed by atoms with Crippen LogP contribution >= 0.6 is 0 Å². The van der Waals surface area contributed by atoms with Gasteiger partial charge in [0.1, 0.15) is 0 Å². The highest BCUT2D eigenvalue weighted by Gasteiger charge is 2.37. The lowest BCUT2D eigenvalue weighted by atomic mass is 10.2. The molecule has 1 fully saturated rings. The van der Waals surface area contributed by atoms with Gasteiger partial charge in [0, 0.05) is 12.1 Å². The normalized spacial score (nSPS) is 19.6. The molecule has 4 nitrogen and oxygen atoms in total. The molecule has 70 valence electrons. The molecular formula is C8H16N2O2. The van der Waals surface area contributed by atoms with Crippen molar-refractivity contribution in [2.45, 2.75) is 24.8 Å². The van der Waals surface area contributed by atoms with Crippen LogP contribution in [0.5, 0.6) is 0 Å². The van der Waals surface area contributed by atoms with Crippen molar-refractivity contribution >= 4 is 5.97 Å². The molecule has 0 heterocycles. The maximum atomic E-state index is 10.3. The van der Waals surface area contributed by atoms with Crippen molar-refractivity contribution in [3.05, 3.63) is 0 Å². The van der Waals surface area contributed by atoms with Crippen molar-refractivity contribution in [2.75, 3.05) is 20.1 Å². The van der Waals surface area contributed by atoms with E-state index >= 15 is 0 Å². The molecule has 0 amide bonds. The molecule has 0 aromatic rings. The van der Waals surface area contributed by atoms with E-state index < -0.39 is 5.97 Å². The number of hydrogen-bond donors (Lipinski definition) is 2. The number of nitrogens with zero attached hydrogens (tertiary/aromatic N) is 1. The second kappa shape index (κ2) is 3.41. The van der Waals surface area contributed by atoms with Gasteiger partial charge in [0.15, 0.2) is 0 Å². The molecule has 0 saturated heterocycles. The molecule has 0 unspecified atom stereocenters. The smallest absolute Gasteiger partial charge is 0.317 e. The monoisotopic (exact) mass is 172 g/mol. The second-order valence-corrected chi connectivity index (χ2v) is 3.74. The maximum absolute atomic E-state index is 10.3. The van der Waals surface area contributed by atoms with Crippen LogP contribution in [-0.2, 0) is 4.79 Å². The first kappa shape index (κ1) is 9.48. The Morgan fingerprint density at radius 1 is 1.67 bits per heavy atom. The Kier molecular flexibility index (Phi) is 2.69. The zero-order valence-electron chi connectivity index (χ0n) is 7.42. The Morgan fingerprint density at radius 2 is 2.25 bits per heavy atom. The highest BCUT2D eigenvalue weighted by molar-refractivity contribution is 5.68. The maximum Gasteiger partial charge on any atom is 0.317 e. The summed E-state index contributed by atoms with van der Waals surface area (Å²) in [5.41, 5.74) is 5.89. The molecular weight excluding hydrogens is 156 g/mol. The molecule has 1 rings (SSSR count). The van der Waals surface area contributed by atoms with Gasteiger partial charge in [0.2, 0.25) is 0 Å². The van der Waals surface area contributed by atoms with Crippen LogP contribution in [0.15, 0.2) is 0 Å². The highest BCUT2D eigenvalue weighted by atomic mass is 16.4. The Hall–Kier alpha value is -0.610. The van der Waals surface area contributed by atoms with Gasteiger partial charge in [-0.3, -0.25) is 9.69 Å². The third-order valence-electron chi connectivity index (χ3n) is 2.29. The number of carbonyl (C=O) groups is 1. The summed E-state index contributed by atoms with van der Waals surface area (Å²) in [6.45, 7) is 0.888. The third-order valence-corrected chi connectivity index (χ3v) is 2.29. The van der Waals surface area contributed by atoms with Crippen LogP contribution in [-0.4, -0.2) is 41.7 Å². The van der Waals surface area contributed by atoms with Crippen LogP contribution in [0.2, 0.25) is 0 Å². The zero-order chi connectivity index (χ0) is 9.19. The van der Waals surface area contributed by atoms with E-state index in [0.29, 0.717) is 0 Å². The van der Waals surface area contributed by atoms with E-state index in [-0.39, 0.29) is 12.1 Å². The van der Waals surface area contributed by atoms with Gasteiger partial charge in [0.05, 0.1) is 6.54 Å². The number of hydrogen-bond acceptors (Lipinski definition) is 3. The van der Waals surface area contributed by atoms with Gasteiger partial charge in [-0.1, -0.05) is 0 Å². The van der Waals surface area contributed by atoms with Gasteiger partial charge in [-0.2, -0.15) is 0 Å². The second-order valence-electron chi connectivity index (χ2n) is 3.74. The molecule has 1 aliphatic carbocycles. The van der Waals surface area contributed by atoms with Gasteiger partial charge >= 0.3 is 5.97 Å². The van der Waals surface area contributed by atoms with Crippen molar-refractivity contribution in [1.82, 2.24) is 4.90 Å². The topological polar surface area (TPSA) is 66.6 Å². The summed E-state index contributed by atoms with van der Waals surface area (Å²) in [5.74, 6) is -0.778. The molecule has 0 radical (unpaired) electrons. The molecule has 0 bridgehead atoms. The van der Waals surface area contributed by atoms with Crippen molar-refractivity contribution in [3.63, 3.8) is 0 Å². The molecule has 3 N–H and O–H groups in total. The Morgan fingerprint density at radius 3 is 2.67 bits per heavy atom. The zero-order valence-corrected chi connectivity index (χ0v) is 7.42. The molecule has 1 saturated carbocycles. The van der Waals surface area contributed by atoms with Crippen molar-refractivity contribution in [1.29, 1.82) is 0 Å². The molecule has 1 aliphatic rings. The van der Waals surface area contributed by atoms with E-state index in [1.807, 2.05) is 0 Å². The number of aliphatic carboxylic acids is 1. The summed E-state index contributed by atoms with van der Waals surface area (Å²) < 4.78 is 0. The number of carboxylic acids is 1. The lowest BCUT2D eigenvalue weighted by Crippen LogP contribution is -2.32. The number of carboxylic acid groups (broad SMARTS) is 1. The first-order valence-electron chi connectivity index (χ1n) is 4.21. The third kappa shape index (κ3) is 3.19. The van der Waals surface area contributed by atoms with E-state index in [1.165, 1.54) is 0 Å². The number of rotatable bonds is 5. The Bertz CT molecular complexity index is 178. The predicted molar refractivity (Wildman–Crippen MR) is 45.9 cm³/mol. The summed E-state index contributed by atoms with van der Waals surface area (Å²) >= 11 is 0. The molecule has 4 heteroatoms. The van der Waals surface area contributed by atoms with Crippen molar-refractivity contribution in [3.8, 4) is 0 Å². The van der Waals surface area contributed by atoms with E-state index in [2.05, 4.69) is 0 Å². The minimum absolute atomic E-state index is 0.0345. The fourth-order valence-electron chi connectivity index (χ4n) is 1.13. The minimum atomic E-state index is -0.778.